The van der Waals surface area contributed by atoms with E-state index in [2.05, 4.69) is 16.6 Å². The summed E-state index contributed by atoms with van der Waals surface area (Å²) in [5.74, 6) is 1.38. The minimum atomic E-state index is -0.0749. The molecule has 0 atom stereocenters. The molecule has 0 unspecified atom stereocenters. The Morgan fingerprint density at radius 3 is 2.62 bits per heavy atom. The molecular formula is C19H25ClN4O2+2. The number of quaternary nitrogens is 2. The lowest BCUT2D eigenvalue weighted by molar-refractivity contribution is -1.02. The first-order valence-corrected chi connectivity index (χ1v) is 9.27. The highest BCUT2D eigenvalue weighted by Crippen LogP contribution is 2.13. The largest absolute Gasteiger partial charge is 0.460 e. The van der Waals surface area contributed by atoms with Crippen LogP contribution in [-0.4, -0.2) is 44.8 Å². The molecule has 1 fully saturated rings. The molecule has 3 N–H and O–H groups in total. The molecule has 2 heterocycles. The summed E-state index contributed by atoms with van der Waals surface area (Å²) in [6.07, 6.45) is 1.52. The van der Waals surface area contributed by atoms with Crippen LogP contribution < -0.4 is 15.2 Å². The highest BCUT2D eigenvalue weighted by atomic mass is 35.5. The van der Waals surface area contributed by atoms with Gasteiger partial charge in [-0.2, -0.15) is 5.10 Å². The van der Waals surface area contributed by atoms with Gasteiger partial charge >= 0.3 is 0 Å². The van der Waals surface area contributed by atoms with Gasteiger partial charge in [0, 0.05) is 10.6 Å². The Morgan fingerprint density at radius 2 is 1.92 bits per heavy atom. The third-order valence-corrected chi connectivity index (χ3v) is 4.98. The molecule has 1 saturated heterocycles. The number of furan rings is 1. The first kappa shape index (κ1) is 18.6. The summed E-state index contributed by atoms with van der Waals surface area (Å²) in [7, 11) is 0. The summed E-state index contributed by atoms with van der Waals surface area (Å²) in [6.45, 7) is 7.24. The summed E-state index contributed by atoms with van der Waals surface area (Å²) >= 11 is 6.24. The van der Waals surface area contributed by atoms with Crippen molar-refractivity contribution in [1.29, 1.82) is 0 Å². The highest BCUT2D eigenvalue weighted by molar-refractivity contribution is 6.31. The topological polar surface area (TPSA) is 63.5 Å². The van der Waals surface area contributed by atoms with Gasteiger partial charge in [-0.15, -0.1) is 0 Å². The highest BCUT2D eigenvalue weighted by Gasteiger charge is 2.25. The maximum Gasteiger partial charge on any atom is 0.295 e. The van der Waals surface area contributed by atoms with E-state index in [9.17, 15) is 4.79 Å². The first-order valence-electron chi connectivity index (χ1n) is 8.89. The summed E-state index contributed by atoms with van der Waals surface area (Å²) in [5.41, 5.74) is 3.76. The molecule has 7 heteroatoms. The van der Waals surface area contributed by atoms with Crippen molar-refractivity contribution in [1.82, 2.24) is 5.43 Å². The minimum absolute atomic E-state index is 0.0749. The van der Waals surface area contributed by atoms with E-state index in [4.69, 9.17) is 16.0 Å². The lowest BCUT2D eigenvalue weighted by Gasteiger charge is -2.29. The van der Waals surface area contributed by atoms with Crippen molar-refractivity contribution in [2.24, 2.45) is 5.10 Å². The van der Waals surface area contributed by atoms with Gasteiger partial charge in [0.2, 0.25) is 0 Å². The number of carbonyl (C=O) groups excluding carboxylic acids is 1. The van der Waals surface area contributed by atoms with Gasteiger partial charge in [-0.05, 0) is 25.1 Å². The average molecular weight is 377 g/mol. The molecule has 0 spiro atoms. The van der Waals surface area contributed by atoms with Crippen molar-refractivity contribution >= 4 is 23.7 Å². The Kier molecular flexibility index (Phi) is 6.44. The van der Waals surface area contributed by atoms with E-state index >= 15 is 0 Å². The van der Waals surface area contributed by atoms with Crippen LogP contribution in [0.3, 0.4) is 0 Å². The molecule has 0 radical (unpaired) electrons. The van der Waals surface area contributed by atoms with Crippen LogP contribution in [0.15, 0.2) is 45.9 Å². The van der Waals surface area contributed by atoms with E-state index in [1.165, 1.54) is 21.6 Å². The molecule has 6 nitrogen and oxygen atoms in total. The van der Waals surface area contributed by atoms with Crippen LogP contribution in [0.5, 0.6) is 0 Å². The van der Waals surface area contributed by atoms with Gasteiger partial charge in [-0.1, -0.05) is 29.8 Å². The Labute approximate surface area is 158 Å². The molecule has 26 heavy (non-hydrogen) atoms. The number of piperazine rings is 1. The Morgan fingerprint density at radius 1 is 1.19 bits per heavy atom. The van der Waals surface area contributed by atoms with Gasteiger partial charge in [0.25, 0.3) is 5.91 Å². The Balaban J connectivity index is 1.39. The zero-order valence-corrected chi connectivity index (χ0v) is 15.7. The number of aryl methyl sites for hydroxylation is 1. The molecule has 1 aromatic carbocycles. The SMILES string of the molecule is Cc1ccc(/C=N\NC(=O)C[NH+]2CC[NH+](Cc3ccccc3Cl)CC2)o1. The van der Waals surface area contributed by atoms with Gasteiger partial charge in [-0.25, -0.2) is 5.43 Å². The zero-order chi connectivity index (χ0) is 18.4. The molecule has 0 saturated carbocycles. The lowest BCUT2D eigenvalue weighted by Crippen LogP contribution is -3.28. The predicted molar refractivity (Wildman–Crippen MR) is 101 cm³/mol. The second-order valence-corrected chi connectivity index (χ2v) is 7.09. The molecule has 0 bridgehead atoms. The van der Waals surface area contributed by atoms with Crippen molar-refractivity contribution in [3.8, 4) is 0 Å². The standard InChI is InChI=1S/C19H23ClN4O2/c1-15-6-7-17(26-15)12-21-22-19(25)14-24-10-8-23(9-11-24)13-16-4-2-3-5-18(16)20/h2-7,12H,8-11,13-14H2,1H3,(H,22,25)/p+2/b21-12-. The normalized spacial score (nSPS) is 20.4. The number of nitrogens with one attached hydrogen (secondary N) is 3. The van der Waals surface area contributed by atoms with Crippen molar-refractivity contribution in [2.75, 3.05) is 32.7 Å². The maximum absolute atomic E-state index is 12.0. The second kappa shape index (κ2) is 8.98. The fraction of sp³-hybridized carbons (Fsp3) is 0.368. The number of halogens is 1. The average Bonchev–Trinajstić information content (AvgIpc) is 3.04. The van der Waals surface area contributed by atoms with Crippen molar-refractivity contribution < 1.29 is 19.0 Å². The number of amides is 1. The number of carbonyl (C=O) groups is 1. The monoisotopic (exact) mass is 376 g/mol. The second-order valence-electron chi connectivity index (χ2n) is 6.69. The third kappa shape index (κ3) is 5.42. The molecule has 0 aliphatic carbocycles. The van der Waals surface area contributed by atoms with E-state index in [1.54, 1.807) is 0 Å². The molecule has 138 valence electrons. The van der Waals surface area contributed by atoms with Crippen LogP contribution in [0.4, 0.5) is 0 Å². The van der Waals surface area contributed by atoms with Gasteiger partial charge in [-0.3, -0.25) is 4.79 Å². The third-order valence-electron chi connectivity index (χ3n) is 4.62. The zero-order valence-electron chi connectivity index (χ0n) is 14.9. The van der Waals surface area contributed by atoms with Crippen LogP contribution in [0.25, 0.3) is 0 Å². The molecule has 1 aliphatic heterocycles. The van der Waals surface area contributed by atoms with Gasteiger partial charge < -0.3 is 14.2 Å². The summed E-state index contributed by atoms with van der Waals surface area (Å²) < 4.78 is 5.37. The quantitative estimate of drug-likeness (QED) is 0.478. The van der Waals surface area contributed by atoms with Crippen molar-refractivity contribution in [3.63, 3.8) is 0 Å². The molecule has 3 rings (SSSR count). The van der Waals surface area contributed by atoms with E-state index in [1.807, 2.05) is 37.3 Å². The summed E-state index contributed by atoms with van der Waals surface area (Å²) in [4.78, 5) is 14.8. The molecular weight excluding hydrogens is 352 g/mol. The maximum atomic E-state index is 12.0. The minimum Gasteiger partial charge on any atom is -0.460 e. The van der Waals surface area contributed by atoms with Gasteiger partial charge in [0.15, 0.2) is 6.54 Å². The molecule has 1 aromatic heterocycles. The summed E-state index contributed by atoms with van der Waals surface area (Å²) in [6, 6.07) is 11.7. The van der Waals surface area contributed by atoms with Crippen LogP contribution >= 0.6 is 11.6 Å². The molecule has 2 aromatic rings. The van der Waals surface area contributed by atoms with E-state index in [0.29, 0.717) is 12.3 Å². The van der Waals surface area contributed by atoms with Crippen LogP contribution in [0.2, 0.25) is 5.02 Å². The fourth-order valence-electron chi connectivity index (χ4n) is 3.18. The van der Waals surface area contributed by atoms with Crippen molar-refractivity contribution in [2.45, 2.75) is 13.5 Å². The first-order chi connectivity index (χ1) is 12.6. The number of hydrazone groups is 1. The van der Waals surface area contributed by atoms with Crippen LogP contribution in [-0.2, 0) is 11.3 Å². The Hall–Kier alpha value is -2.15. The number of benzene rings is 1. The van der Waals surface area contributed by atoms with E-state index in [0.717, 1.165) is 43.5 Å². The smallest absolute Gasteiger partial charge is 0.295 e. The number of hydrogen-bond acceptors (Lipinski definition) is 3. The van der Waals surface area contributed by atoms with Crippen LogP contribution in [0, 0.1) is 6.92 Å². The van der Waals surface area contributed by atoms with Gasteiger partial charge in [0.05, 0.1) is 6.21 Å². The number of nitrogens with zero attached hydrogens (tertiary/aromatic N) is 1. The van der Waals surface area contributed by atoms with Gasteiger partial charge in [0.1, 0.15) is 44.2 Å². The van der Waals surface area contributed by atoms with Crippen molar-refractivity contribution in [3.05, 3.63) is 58.5 Å². The van der Waals surface area contributed by atoms with E-state index < -0.39 is 0 Å². The predicted octanol–water partition coefficient (Wildman–Crippen LogP) is -0.325. The summed E-state index contributed by atoms with van der Waals surface area (Å²) in [5, 5.41) is 4.78. The van der Waals surface area contributed by atoms with E-state index in [-0.39, 0.29) is 5.91 Å². The fourth-order valence-corrected chi connectivity index (χ4v) is 3.38. The lowest BCUT2D eigenvalue weighted by atomic mass is 10.2. The van der Waals surface area contributed by atoms with Crippen LogP contribution in [0.1, 0.15) is 17.1 Å². The molecule has 1 amide bonds. The molecule has 1 aliphatic rings. The Bertz CT molecular complexity index is 766. The number of rotatable bonds is 6. The number of hydrogen-bond donors (Lipinski definition) is 3.